The average Bonchev–Trinajstić information content (AvgIpc) is 2.95. The number of aryl methyl sites for hydroxylation is 2. The molecule has 0 fully saturated rings. The van der Waals surface area contributed by atoms with Gasteiger partial charge in [0.2, 0.25) is 0 Å². The molecule has 0 aliphatic heterocycles. The van der Waals surface area contributed by atoms with Crippen molar-refractivity contribution in [2.75, 3.05) is 0 Å². The molecular formula is C12H18N4S. The zero-order valence-electron chi connectivity index (χ0n) is 10.3. The van der Waals surface area contributed by atoms with Crippen molar-refractivity contribution in [1.29, 1.82) is 0 Å². The maximum absolute atomic E-state index is 4.43. The predicted octanol–water partition coefficient (Wildman–Crippen LogP) is 2.22. The number of nitrogens with zero attached hydrogens (tertiary/aromatic N) is 3. The fourth-order valence-corrected chi connectivity index (χ4v) is 2.33. The van der Waals surface area contributed by atoms with Gasteiger partial charge in [0.25, 0.3) is 0 Å². The van der Waals surface area contributed by atoms with E-state index in [1.165, 1.54) is 0 Å². The molecule has 0 radical (unpaired) electrons. The molecule has 0 saturated carbocycles. The highest BCUT2D eigenvalue weighted by Gasteiger charge is 2.04. The number of hydrogen-bond donors (Lipinski definition) is 1. The summed E-state index contributed by atoms with van der Waals surface area (Å²) in [6.45, 7) is 6.04. The van der Waals surface area contributed by atoms with Crippen molar-refractivity contribution in [3.8, 4) is 0 Å². The van der Waals surface area contributed by atoms with E-state index in [4.69, 9.17) is 0 Å². The Hall–Kier alpha value is -1.20. The molecule has 0 unspecified atom stereocenters. The van der Waals surface area contributed by atoms with Crippen LogP contribution in [0, 0.1) is 6.92 Å². The summed E-state index contributed by atoms with van der Waals surface area (Å²) in [6.07, 6.45) is 4.89. The van der Waals surface area contributed by atoms with E-state index < -0.39 is 0 Å². The number of nitrogens with one attached hydrogen (secondary N) is 1. The SMILES string of the molecule is Cc1csc(CN[C@H](C)CCn2cccn2)n1. The van der Waals surface area contributed by atoms with Gasteiger partial charge in [-0.1, -0.05) is 0 Å². The van der Waals surface area contributed by atoms with Crippen LogP contribution in [0.1, 0.15) is 24.0 Å². The highest BCUT2D eigenvalue weighted by molar-refractivity contribution is 7.09. The molecule has 2 aromatic rings. The van der Waals surface area contributed by atoms with Gasteiger partial charge in [0.05, 0.1) is 0 Å². The molecule has 17 heavy (non-hydrogen) atoms. The highest BCUT2D eigenvalue weighted by Crippen LogP contribution is 2.08. The quantitative estimate of drug-likeness (QED) is 0.855. The second kappa shape index (κ2) is 5.93. The van der Waals surface area contributed by atoms with Gasteiger partial charge in [0, 0.05) is 42.6 Å². The third-order valence-electron chi connectivity index (χ3n) is 2.62. The second-order valence-corrected chi connectivity index (χ2v) is 5.17. The minimum absolute atomic E-state index is 0.475. The number of rotatable bonds is 6. The summed E-state index contributed by atoms with van der Waals surface area (Å²) in [5.74, 6) is 0. The van der Waals surface area contributed by atoms with Crippen LogP contribution >= 0.6 is 11.3 Å². The lowest BCUT2D eigenvalue weighted by Crippen LogP contribution is -2.26. The molecule has 0 amide bonds. The summed E-state index contributed by atoms with van der Waals surface area (Å²) in [6, 6.07) is 2.43. The molecular weight excluding hydrogens is 232 g/mol. The number of hydrogen-bond acceptors (Lipinski definition) is 4. The first-order chi connectivity index (χ1) is 8.24. The largest absolute Gasteiger partial charge is 0.308 e. The van der Waals surface area contributed by atoms with E-state index in [1.807, 2.05) is 30.1 Å². The van der Waals surface area contributed by atoms with E-state index in [1.54, 1.807) is 11.3 Å². The topological polar surface area (TPSA) is 42.7 Å². The van der Waals surface area contributed by atoms with Crippen LogP contribution in [0.5, 0.6) is 0 Å². The van der Waals surface area contributed by atoms with E-state index >= 15 is 0 Å². The maximum Gasteiger partial charge on any atom is 0.107 e. The fourth-order valence-electron chi connectivity index (χ4n) is 1.61. The normalized spacial score (nSPS) is 12.8. The van der Waals surface area contributed by atoms with Crippen molar-refractivity contribution < 1.29 is 0 Å². The summed E-state index contributed by atoms with van der Waals surface area (Å²) in [4.78, 5) is 4.43. The molecule has 1 atom stereocenters. The Balaban J connectivity index is 1.69. The number of thiazole rings is 1. The molecule has 0 aliphatic rings. The van der Waals surface area contributed by atoms with Crippen LogP contribution in [0.15, 0.2) is 23.8 Å². The van der Waals surface area contributed by atoms with Crippen molar-refractivity contribution in [3.05, 3.63) is 34.5 Å². The molecule has 2 aromatic heterocycles. The van der Waals surface area contributed by atoms with Gasteiger partial charge in [-0.25, -0.2) is 4.98 Å². The van der Waals surface area contributed by atoms with Crippen LogP contribution in [-0.2, 0) is 13.1 Å². The summed E-state index contributed by atoms with van der Waals surface area (Å²) in [7, 11) is 0. The van der Waals surface area contributed by atoms with Crippen LogP contribution in [0.4, 0.5) is 0 Å². The van der Waals surface area contributed by atoms with Gasteiger partial charge in [-0.2, -0.15) is 5.10 Å². The van der Waals surface area contributed by atoms with Gasteiger partial charge < -0.3 is 5.32 Å². The van der Waals surface area contributed by atoms with E-state index in [2.05, 4.69) is 27.7 Å². The molecule has 0 spiro atoms. The Kier molecular flexibility index (Phi) is 4.28. The van der Waals surface area contributed by atoms with Crippen molar-refractivity contribution >= 4 is 11.3 Å². The molecule has 4 nitrogen and oxygen atoms in total. The summed E-state index contributed by atoms with van der Waals surface area (Å²) in [5, 5.41) is 10.9. The smallest absolute Gasteiger partial charge is 0.107 e. The Labute approximate surface area is 106 Å². The standard InChI is InChI=1S/C12H18N4S/c1-10(4-7-16-6-3-5-14-16)13-8-12-15-11(2)9-17-12/h3,5-6,9-10,13H,4,7-8H2,1-2H3/t10-/m1/s1. The van der Waals surface area contributed by atoms with Crippen LogP contribution in [0.3, 0.4) is 0 Å². The van der Waals surface area contributed by atoms with Crippen LogP contribution in [-0.4, -0.2) is 20.8 Å². The van der Waals surface area contributed by atoms with Gasteiger partial charge in [-0.05, 0) is 26.3 Å². The van der Waals surface area contributed by atoms with Crippen LogP contribution in [0.2, 0.25) is 0 Å². The zero-order valence-corrected chi connectivity index (χ0v) is 11.1. The van der Waals surface area contributed by atoms with Gasteiger partial charge in [0.15, 0.2) is 0 Å². The third kappa shape index (κ3) is 3.94. The average molecular weight is 250 g/mol. The Bertz CT molecular complexity index is 435. The van der Waals surface area contributed by atoms with Crippen molar-refractivity contribution in [2.24, 2.45) is 0 Å². The molecule has 0 bridgehead atoms. The molecule has 0 aromatic carbocycles. The van der Waals surface area contributed by atoms with E-state index in [9.17, 15) is 0 Å². The summed E-state index contributed by atoms with van der Waals surface area (Å²) < 4.78 is 1.96. The summed E-state index contributed by atoms with van der Waals surface area (Å²) in [5.41, 5.74) is 1.11. The first-order valence-corrected chi connectivity index (χ1v) is 6.74. The first kappa shape index (κ1) is 12.3. The zero-order chi connectivity index (χ0) is 12.1. The highest BCUT2D eigenvalue weighted by atomic mass is 32.1. The predicted molar refractivity (Wildman–Crippen MR) is 70.0 cm³/mol. The third-order valence-corrected chi connectivity index (χ3v) is 3.59. The van der Waals surface area contributed by atoms with Crippen LogP contribution in [0.25, 0.3) is 0 Å². The maximum atomic E-state index is 4.43. The molecule has 92 valence electrons. The number of aromatic nitrogens is 3. The summed E-state index contributed by atoms with van der Waals surface area (Å²) >= 11 is 1.72. The Morgan fingerprint density at radius 2 is 2.41 bits per heavy atom. The monoisotopic (exact) mass is 250 g/mol. The molecule has 1 N–H and O–H groups in total. The first-order valence-electron chi connectivity index (χ1n) is 5.86. The van der Waals surface area contributed by atoms with E-state index in [0.717, 1.165) is 30.2 Å². The molecule has 0 saturated heterocycles. The lowest BCUT2D eigenvalue weighted by atomic mass is 10.2. The molecule has 0 aliphatic carbocycles. The van der Waals surface area contributed by atoms with Crippen molar-refractivity contribution in [1.82, 2.24) is 20.1 Å². The Morgan fingerprint density at radius 1 is 1.53 bits per heavy atom. The minimum Gasteiger partial charge on any atom is -0.308 e. The van der Waals surface area contributed by atoms with Gasteiger partial charge in [-0.3, -0.25) is 4.68 Å². The van der Waals surface area contributed by atoms with E-state index in [0.29, 0.717) is 6.04 Å². The van der Waals surface area contributed by atoms with Gasteiger partial charge >= 0.3 is 0 Å². The lowest BCUT2D eigenvalue weighted by molar-refractivity contribution is 0.457. The van der Waals surface area contributed by atoms with E-state index in [-0.39, 0.29) is 0 Å². The van der Waals surface area contributed by atoms with Gasteiger partial charge in [-0.15, -0.1) is 11.3 Å². The lowest BCUT2D eigenvalue weighted by Gasteiger charge is -2.12. The second-order valence-electron chi connectivity index (χ2n) is 4.22. The molecule has 2 rings (SSSR count). The molecule has 2 heterocycles. The van der Waals surface area contributed by atoms with Crippen molar-refractivity contribution in [3.63, 3.8) is 0 Å². The minimum atomic E-state index is 0.475. The molecule has 5 heteroatoms. The Morgan fingerprint density at radius 3 is 3.06 bits per heavy atom. The van der Waals surface area contributed by atoms with Crippen molar-refractivity contribution in [2.45, 2.75) is 39.4 Å². The van der Waals surface area contributed by atoms with Gasteiger partial charge in [0.1, 0.15) is 5.01 Å². The van der Waals surface area contributed by atoms with Crippen LogP contribution < -0.4 is 5.32 Å². The fraction of sp³-hybridized carbons (Fsp3) is 0.500.